The lowest BCUT2D eigenvalue weighted by atomic mass is 10.4. The van der Waals surface area contributed by atoms with E-state index in [1.54, 1.807) is 6.92 Å². The molecule has 0 heterocycles. The van der Waals surface area contributed by atoms with Crippen LogP contribution in [0.4, 0.5) is 0 Å². The largest absolute Gasteiger partial charge is 0.241 e. The van der Waals surface area contributed by atoms with E-state index in [2.05, 4.69) is 4.72 Å². The number of hydrogen-bond acceptors (Lipinski definition) is 4. The lowest BCUT2D eigenvalue weighted by Gasteiger charge is -2.08. The maximum absolute atomic E-state index is 11.7. The van der Waals surface area contributed by atoms with Crippen LogP contribution in [0.5, 0.6) is 0 Å². The van der Waals surface area contributed by atoms with E-state index in [0.717, 1.165) is 6.26 Å². The molecule has 0 fully saturated rings. The van der Waals surface area contributed by atoms with Crippen LogP contribution >= 0.6 is 0 Å². The van der Waals surface area contributed by atoms with Gasteiger partial charge in [-0.15, -0.1) is 0 Å². The van der Waals surface area contributed by atoms with E-state index in [1.807, 2.05) is 0 Å². The van der Waals surface area contributed by atoms with Crippen LogP contribution in [0.1, 0.15) is 6.92 Å². The quantitative estimate of drug-likeness (QED) is 0.852. The van der Waals surface area contributed by atoms with Crippen LogP contribution < -0.4 is 4.72 Å². The Morgan fingerprint density at radius 3 is 2.00 bits per heavy atom. The summed E-state index contributed by atoms with van der Waals surface area (Å²) in [5.74, 6) is 0. The SMILES string of the molecule is CCNS(=O)(=O)c1ccccc1S(C)(=O)=O. The van der Waals surface area contributed by atoms with Gasteiger partial charge in [0.2, 0.25) is 10.0 Å². The van der Waals surface area contributed by atoms with Crippen LogP contribution in [0.2, 0.25) is 0 Å². The maximum atomic E-state index is 11.7. The number of nitrogens with one attached hydrogen (secondary N) is 1. The summed E-state index contributed by atoms with van der Waals surface area (Å²) >= 11 is 0. The van der Waals surface area contributed by atoms with Crippen molar-refractivity contribution >= 4 is 19.9 Å². The third kappa shape index (κ3) is 2.81. The molecule has 0 unspecified atom stereocenters. The highest BCUT2D eigenvalue weighted by Gasteiger charge is 2.22. The minimum absolute atomic E-state index is 0.184. The van der Waals surface area contributed by atoms with E-state index in [1.165, 1.54) is 24.3 Å². The molecule has 0 atom stereocenters. The molecule has 5 nitrogen and oxygen atoms in total. The summed E-state index contributed by atoms with van der Waals surface area (Å²) in [5, 5.41) is 0. The van der Waals surface area contributed by atoms with Crippen molar-refractivity contribution in [1.29, 1.82) is 0 Å². The summed E-state index contributed by atoms with van der Waals surface area (Å²) in [6, 6.07) is 5.52. The first-order chi connectivity index (χ1) is 7.29. The first-order valence-electron chi connectivity index (χ1n) is 4.58. The van der Waals surface area contributed by atoms with Crippen molar-refractivity contribution in [1.82, 2.24) is 4.72 Å². The van der Waals surface area contributed by atoms with E-state index >= 15 is 0 Å². The van der Waals surface area contributed by atoms with Gasteiger partial charge in [-0.2, -0.15) is 0 Å². The van der Waals surface area contributed by atoms with Gasteiger partial charge in [0.05, 0.1) is 4.90 Å². The van der Waals surface area contributed by atoms with Gasteiger partial charge in [-0.05, 0) is 12.1 Å². The van der Waals surface area contributed by atoms with Crippen LogP contribution in [0.25, 0.3) is 0 Å². The number of sulfonamides is 1. The number of sulfone groups is 1. The lowest BCUT2D eigenvalue weighted by Crippen LogP contribution is -2.24. The van der Waals surface area contributed by atoms with E-state index < -0.39 is 19.9 Å². The number of benzene rings is 1. The second kappa shape index (κ2) is 4.52. The minimum Gasteiger partial charge on any atom is -0.224 e. The molecule has 0 spiro atoms. The highest BCUT2D eigenvalue weighted by Crippen LogP contribution is 2.19. The van der Waals surface area contributed by atoms with Gasteiger partial charge < -0.3 is 0 Å². The summed E-state index contributed by atoms with van der Waals surface area (Å²) in [6.07, 6.45) is 0.979. The molecule has 1 rings (SSSR count). The summed E-state index contributed by atoms with van der Waals surface area (Å²) in [4.78, 5) is -0.393. The molecule has 0 aromatic heterocycles. The Balaban J connectivity index is 3.48. The molecule has 0 bridgehead atoms. The van der Waals surface area contributed by atoms with Gasteiger partial charge in [0, 0.05) is 12.8 Å². The zero-order valence-corrected chi connectivity index (χ0v) is 10.6. The minimum atomic E-state index is -3.75. The summed E-state index contributed by atoms with van der Waals surface area (Å²) in [7, 11) is -7.31. The van der Waals surface area contributed by atoms with Gasteiger partial charge in [0.1, 0.15) is 4.90 Å². The molecule has 1 aromatic rings. The third-order valence-corrected chi connectivity index (χ3v) is 4.76. The Kier molecular flexibility index (Phi) is 3.72. The smallest absolute Gasteiger partial charge is 0.224 e. The molecule has 0 saturated heterocycles. The van der Waals surface area contributed by atoms with Crippen molar-refractivity contribution in [2.24, 2.45) is 0 Å². The number of rotatable bonds is 4. The molecule has 0 aliphatic rings. The van der Waals surface area contributed by atoms with Gasteiger partial charge in [-0.1, -0.05) is 19.1 Å². The standard InChI is InChI=1S/C9H13NO4S2/c1-3-10-16(13,14)9-7-5-4-6-8(9)15(2,11)12/h4-7,10H,3H2,1-2H3. The molecular formula is C9H13NO4S2. The van der Waals surface area contributed by atoms with E-state index in [4.69, 9.17) is 0 Å². The van der Waals surface area contributed by atoms with Gasteiger partial charge in [-0.25, -0.2) is 21.6 Å². The van der Waals surface area contributed by atoms with Crippen LogP contribution in [0.3, 0.4) is 0 Å². The number of hydrogen-bond donors (Lipinski definition) is 1. The zero-order valence-electron chi connectivity index (χ0n) is 8.97. The molecule has 0 radical (unpaired) electrons. The Morgan fingerprint density at radius 1 is 1.06 bits per heavy atom. The van der Waals surface area contributed by atoms with Crippen molar-refractivity contribution in [2.45, 2.75) is 16.7 Å². The second-order valence-corrected chi connectivity index (χ2v) is 6.94. The highest BCUT2D eigenvalue weighted by atomic mass is 32.2. The summed E-state index contributed by atoms with van der Waals surface area (Å²) in [6.45, 7) is 1.83. The van der Waals surface area contributed by atoms with Crippen LogP contribution in [-0.2, 0) is 19.9 Å². The molecule has 0 aliphatic carbocycles. The Hall–Kier alpha value is -0.920. The fraction of sp³-hybridized carbons (Fsp3) is 0.333. The van der Waals surface area contributed by atoms with Gasteiger partial charge in [0.15, 0.2) is 9.84 Å². The predicted molar refractivity (Wildman–Crippen MR) is 60.4 cm³/mol. The predicted octanol–water partition coefficient (Wildman–Crippen LogP) is 0.388. The van der Waals surface area contributed by atoms with E-state index in [9.17, 15) is 16.8 Å². The van der Waals surface area contributed by atoms with Crippen molar-refractivity contribution in [3.05, 3.63) is 24.3 Å². The molecule has 90 valence electrons. The van der Waals surface area contributed by atoms with Crippen molar-refractivity contribution in [3.63, 3.8) is 0 Å². The van der Waals surface area contributed by atoms with Crippen LogP contribution in [0.15, 0.2) is 34.1 Å². The van der Waals surface area contributed by atoms with Crippen molar-refractivity contribution in [3.8, 4) is 0 Å². The Morgan fingerprint density at radius 2 is 1.56 bits per heavy atom. The first-order valence-corrected chi connectivity index (χ1v) is 7.95. The molecule has 0 amide bonds. The molecular weight excluding hydrogens is 250 g/mol. The maximum Gasteiger partial charge on any atom is 0.241 e. The van der Waals surface area contributed by atoms with Crippen LogP contribution in [-0.4, -0.2) is 29.6 Å². The molecule has 1 N–H and O–H groups in total. The van der Waals surface area contributed by atoms with Gasteiger partial charge in [0.25, 0.3) is 0 Å². The van der Waals surface area contributed by atoms with Gasteiger partial charge in [-0.3, -0.25) is 0 Å². The summed E-state index contributed by atoms with van der Waals surface area (Å²) < 4.78 is 48.5. The molecule has 7 heteroatoms. The Labute approximate surface area is 95.5 Å². The molecule has 0 aliphatic heterocycles. The van der Waals surface area contributed by atoms with Crippen molar-refractivity contribution in [2.75, 3.05) is 12.8 Å². The fourth-order valence-corrected chi connectivity index (χ4v) is 3.91. The lowest BCUT2D eigenvalue weighted by molar-refractivity contribution is 0.576. The third-order valence-electron chi connectivity index (χ3n) is 1.87. The zero-order chi connectivity index (χ0) is 12.4. The van der Waals surface area contributed by atoms with Crippen LogP contribution in [0, 0.1) is 0 Å². The van der Waals surface area contributed by atoms with E-state index in [0.29, 0.717) is 0 Å². The monoisotopic (exact) mass is 263 g/mol. The molecule has 0 saturated carbocycles. The fourth-order valence-electron chi connectivity index (χ4n) is 1.25. The average molecular weight is 263 g/mol. The summed E-state index contributed by atoms with van der Waals surface area (Å²) in [5.41, 5.74) is 0. The average Bonchev–Trinajstić information content (AvgIpc) is 2.16. The van der Waals surface area contributed by atoms with Gasteiger partial charge >= 0.3 is 0 Å². The molecule has 1 aromatic carbocycles. The second-order valence-electron chi connectivity index (χ2n) is 3.22. The first kappa shape index (κ1) is 13.1. The Bertz CT molecular complexity index is 575. The highest BCUT2D eigenvalue weighted by molar-refractivity contribution is 7.93. The van der Waals surface area contributed by atoms with Crippen molar-refractivity contribution < 1.29 is 16.8 Å². The van der Waals surface area contributed by atoms with E-state index in [-0.39, 0.29) is 16.3 Å². The normalized spacial score (nSPS) is 12.6. The molecule has 16 heavy (non-hydrogen) atoms. The topological polar surface area (TPSA) is 80.3 Å².